The molecule has 0 saturated heterocycles. The molecule has 1 aliphatic rings. The van der Waals surface area contributed by atoms with E-state index in [0.29, 0.717) is 18.1 Å². The zero-order valence-electron chi connectivity index (χ0n) is 13.2. The van der Waals surface area contributed by atoms with E-state index in [1.165, 1.54) is 11.8 Å². The molecule has 0 fully saturated rings. The molecule has 0 bridgehead atoms. The highest BCUT2D eigenvalue weighted by Crippen LogP contribution is 2.35. The molecule has 0 radical (unpaired) electrons. The number of hydrogen-bond acceptors (Lipinski definition) is 4. The largest absolute Gasteiger partial charge is 0.464 e. The maximum absolute atomic E-state index is 12.6. The third kappa shape index (κ3) is 2.87. The average molecular weight is 390 g/mol. The number of amides is 2. The number of nitrogens with zero attached hydrogens (tertiary/aromatic N) is 2. The van der Waals surface area contributed by atoms with Crippen molar-refractivity contribution in [1.29, 1.82) is 0 Å². The van der Waals surface area contributed by atoms with Gasteiger partial charge in [-0.25, -0.2) is 4.98 Å². The Balaban J connectivity index is 1.78. The molecule has 0 aliphatic carbocycles. The summed E-state index contributed by atoms with van der Waals surface area (Å²) in [5.41, 5.74) is -0.700. The topological polar surface area (TPSA) is 71.5 Å². The zero-order chi connectivity index (χ0) is 17.3. The second-order valence-electron chi connectivity index (χ2n) is 5.63. The van der Waals surface area contributed by atoms with Crippen LogP contribution in [0, 0.1) is 0 Å². The first-order chi connectivity index (χ1) is 11.4. The van der Waals surface area contributed by atoms with Crippen LogP contribution in [0.4, 0.5) is 5.82 Å². The standard InChI is InChI=1S/C17H16BrN3O3/c1-17(15(22)20-10-11-5-7-12(18)8-6-11)16(23)21(2)14-13(24-17)4-3-9-19-14/h3-9H,10H2,1-2H3,(H,20,22)/t17-/m1/s1. The van der Waals surface area contributed by atoms with Crippen molar-refractivity contribution in [3.05, 3.63) is 52.6 Å². The van der Waals surface area contributed by atoms with Crippen LogP contribution in [0.3, 0.4) is 0 Å². The molecule has 1 aromatic heterocycles. The number of anilines is 1. The zero-order valence-corrected chi connectivity index (χ0v) is 14.8. The summed E-state index contributed by atoms with van der Waals surface area (Å²) in [5, 5.41) is 2.76. The summed E-state index contributed by atoms with van der Waals surface area (Å²) in [7, 11) is 1.58. The smallest absolute Gasteiger partial charge is 0.281 e. The SMILES string of the molecule is CN1C(=O)[C@@](C)(C(=O)NCc2ccc(Br)cc2)Oc2cccnc21. The molecule has 124 valence electrons. The molecule has 1 aliphatic heterocycles. The Morgan fingerprint density at radius 2 is 2.04 bits per heavy atom. The van der Waals surface area contributed by atoms with Crippen molar-refractivity contribution < 1.29 is 14.3 Å². The summed E-state index contributed by atoms with van der Waals surface area (Å²) < 4.78 is 6.66. The van der Waals surface area contributed by atoms with Crippen molar-refractivity contribution in [3.63, 3.8) is 0 Å². The normalized spacial score (nSPS) is 19.5. The first-order valence-corrected chi connectivity index (χ1v) is 8.16. The van der Waals surface area contributed by atoms with Crippen LogP contribution in [0.1, 0.15) is 12.5 Å². The first kappa shape index (κ1) is 16.4. The highest BCUT2D eigenvalue weighted by Gasteiger charge is 2.50. The van der Waals surface area contributed by atoms with E-state index in [2.05, 4.69) is 26.2 Å². The third-order valence-corrected chi connectivity index (χ3v) is 4.42. The van der Waals surface area contributed by atoms with Crippen LogP contribution in [-0.4, -0.2) is 29.4 Å². The Bertz CT molecular complexity index is 794. The fourth-order valence-corrected chi connectivity index (χ4v) is 2.75. The number of hydrogen-bond donors (Lipinski definition) is 1. The molecule has 0 spiro atoms. The lowest BCUT2D eigenvalue weighted by Crippen LogP contribution is -2.61. The van der Waals surface area contributed by atoms with E-state index < -0.39 is 17.4 Å². The number of carbonyl (C=O) groups is 2. The van der Waals surface area contributed by atoms with Crippen molar-refractivity contribution in [3.8, 4) is 5.75 Å². The Hall–Kier alpha value is -2.41. The molecule has 2 heterocycles. The fraction of sp³-hybridized carbons (Fsp3) is 0.235. The maximum atomic E-state index is 12.6. The van der Waals surface area contributed by atoms with E-state index in [9.17, 15) is 9.59 Å². The predicted octanol–water partition coefficient (Wildman–Crippen LogP) is 2.27. The third-order valence-electron chi connectivity index (χ3n) is 3.90. The van der Waals surface area contributed by atoms with E-state index in [1.807, 2.05) is 24.3 Å². The molecule has 3 rings (SSSR count). The highest BCUT2D eigenvalue weighted by molar-refractivity contribution is 9.10. The number of halogens is 1. The number of benzene rings is 1. The van der Waals surface area contributed by atoms with Crippen molar-refractivity contribution in [2.45, 2.75) is 19.1 Å². The Morgan fingerprint density at radius 1 is 1.33 bits per heavy atom. The number of pyridine rings is 1. The molecular weight excluding hydrogens is 374 g/mol. The van der Waals surface area contributed by atoms with Gasteiger partial charge in [0.25, 0.3) is 17.4 Å². The van der Waals surface area contributed by atoms with Gasteiger partial charge in [0.05, 0.1) is 0 Å². The van der Waals surface area contributed by atoms with Gasteiger partial charge in [0, 0.05) is 24.3 Å². The molecular formula is C17H16BrN3O3. The summed E-state index contributed by atoms with van der Waals surface area (Å²) in [4.78, 5) is 30.7. The lowest BCUT2D eigenvalue weighted by molar-refractivity contribution is -0.148. The molecule has 1 N–H and O–H groups in total. The number of ether oxygens (including phenoxy) is 1. The summed E-state index contributed by atoms with van der Waals surface area (Å²) in [5.74, 6) is -0.139. The monoisotopic (exact) mass is 389 g/mol. The molecule has 2 aromatic rings. The number of nitrogens with one attached hydrogen (secondary N) is 1. The molecule has 6 nitrogen and oxygen atoms in total. The van der Waals surface area contributed by atoms with E-state index in [1.54, 1.807) is 25.4 Å². The second-order valence-corrected chi connectivity index (χ2v) is 6.55. The molecule has 0 unspecified atom stereocenters. The Labute approximate surface area is 148 Å². The van der Waals surface area contributed by atoms with Crippen molar-refractivity contribution in [2.24, 2.45) is 0 Å². The van der Waals surface area contributed by atoms with Crippen LogP contribution in [0.2, 0.25) is 0 Å². The molecule has 1 aromatic carbocycles. The minimum Gasteiger partial charge on any atom is -0.464 e. The number of aromatic nitrogens is 1. The first-order valence-electron chi connectivity index (χ1n) is 7.37. The summed E-state index contributed by atoms with van der Waals surface area (Å²) in [6.45, 7) is 1.78. The summed E-state index contributed by atoms with van der Waals surface area (Å²) in [6.07, 6.45) is 1.57. The van der Waals surface area contributed by atoms with E-state index in [-0.39, 0.29) is 0 Å². The number of carbonyl (C=O) groups excluding carboxylic acids is 2. The molecule has 2 amide bonds. The minimum atomic E-state index is -1.62. The number of rotatable bonds is 3. The van der Waals surface area contributed by atoms with Gasteiger partial charge in [-0.1, -0.05) is 28.1 Å². The Morgan fingerprint density at radius 3 is 2.75 bits per heavy atom. The van der Waals surface area contributed by atoms with Gasteiger partial charge < -0.3 is 10.1 Å². The fourth-order valence-electron chi connectivity index (χ4n) is 2.49. The summed E-state index contributed by atoms with van der Waals surface area (Å²) >= 11 is 3.36. The lowest BCUT2D eigenvalue weighted by Gasteiger charge is -2.36. The average Bonchev–Trinajstić information content (AvgIpc) is 2.59. The van der Waals surface area contributed by atoms with Gasteiger partial charge in [-0.2, -0.15) is 0 Å². The molecule has 0 saturated carbocycles. The molecule has 7 heteroatoms. The van der Waals surface area contributed by atoms with Gasteiger partial charge in [-0.3, -0.25) is 14.5 Å². The van der Waals surface area contributed by atoms with Crippen LogP contribution in [0.25, 0.3) is 0 Å². The van der Waals surface area contributed by atoms with Gasteiger partial charge in [-0.15, -0.1) is 0 Å². The number of fused-ring (bicyclic) bond motifs is 1. The second kappa shape index (κ2) is 6.24. The van der Waals surface area contributed by atoms with Gasteiger partial charge >= 0.3 is 0 Å². The van der Waals surface area contributed by atoms with Crippen molar-refractivity contribution in [2.75, 3.05) is 11.9 Å². The van der Waals surface area contributed by atoms with Crippen molar-refractivity contribution >= 4 is 33.6 Å². The van der Waals surface area contributed by atoms with E-state index >= 15 is 0 Å². The van der Waals surface area contributed by atoms with Gasteiger partial charge in [-0.05, 0) is 36.8 Å². The minimum absolute atomic E-state index is 0.307. The van der Waals surface area contributed by atoms with Crippen LogP contribution in [0.5, 0.6) is 5.75 Å². The maximum Gasteiger partial charge on any atom is 0.281 e. The molecule has 24 heavy (non-hydrogen) atoms. The summed E-state index contributed by atoms with van der Waals surface area (Å²) in [6, 6.07) is 10.9. The van der Waals surface area contributed by atoms with Crippen LogP contribution >= 0.6 is 15.9 Å². The van der Waals surface area contributed by atoms with Crippen LogP contribution < -0.4 is 15.0 Å². The van der Waals surface area contributed by atoms with Crippen LogP contribution in [-0.2, 0) is 16.1 Å². The van der Waals surface area contributed by atoms with Gasteiger partial charge in [0.1, 0.15) is 0 Å². The van der Waals surface area contributed by atoms with Gasteiger partial charge in [0.2, 0.25) is 0 Å². The predicted molar refractivity (Wildman–Crippen MR) is 92.7 cm³/mol. The Kier molecular flexibility index (Phi) is 4.28. The molecule has 1 atom stereocenters. The quantitative estimate of drug-likeness (QED) is 0.817. The van der Waals surface area contributed by atoms with Gasteiger partial charge in [0.15, 0.2) is 11.6 Å². The lowest BCUT2D eigenvalue weighted by atomic mass is 10.0. The number of likely N-dealkylation sites (N-methyl/N-ethyl adjacent to an activating group) is 1. The van der Waals surface area contributed by atoms with Crippen molar-refractivity contribution in [1.82, 2.24) is 10.3 Å². The van der Waals surface area contributed by atoms with E-state index in [0.717, 1.165) is 10.0 Å². The van der Waals surface area contributed by atoms with E-state index in [4.69, 9.17) is 4.74 Å². The highest BCUT2D eigenvalue weighted by atomic mass is 79.9. The van der Waals surface area contributed by atoms with Crippen LogP contribution in [0.15, 0.2) is 47.1 Å².